The first-order valence-electron chi connectivity index (χ1n) is 7.34. The fourth-order valence-corrected chi connectivity index (χ4v) is 2.09. The summed E-state index contributed by atoms with van der Waals surface area (Å²) < 4.78 is 5.36. The van der Waals surface area contributed by atoms with Gasteiger partial charge in [-0.15, -0.1) is 0 Å². The molecule has 0 saturated carbocycles. The van der Waals surface area contributed by atoms with Gasteiger partial charge in [-0.05, 0) is 40.2 Å². The van der Waals surface area contributed by atoms with Crippen LogP contribution in [0.5, 0.6) is 0 Å². The molecule has 0 aliphatic rings. The van der Waals surface area contributed by atoms with Gasteiger partial charge in [0.15, 0.2) is 0 Å². The average Bonchev–Trinajstić information content (AvgIpc) is 2.75. The van der Waals surface area contributed by atoms with E-state index in [-0.39, 0.29) is 6.04 Å². The molecular formula is C17H23N3O2. The minimum Gasteiger partial charge on any atom is -0.444 e. The van der Waals surface area contributed by atoms with Crippen LogP contribution in [0.2, 0.25) is 0 Å². The lowest BCUT2D eigenvalue weighted by Gasteiger charge is -2.23. The highest BCUT2D eigenvalue weighted by molar-refractivity contribution is 5.69. The summed E-state index contributed by atoms with van der Waals surface area (Å²) in [4.78, 5) is 19.9. The van der Waals surface area contributed by atoms with E-state index in [0.717, 1.165) is 17.0 Å². The van der Waals surface area contributed by atoms with Crippen LogP contribution in [0.1, 0.15) is 49.6 Å². The summed E-state index contributed by atoms with van der Waals surface area (Å²) in [5.41, 5.74) is 2.31. The van der Waals surface area contributed by atoms with Gasteiger partial charge in [0, 0.05) is 5.69 Å². The van der Waals surface area contributed by atoms with Crippen LogP contribution in [0.15, 0.2) is 30.3 Å². The topological polar surface area (TPSA) is 67.0 Å². The van der Waals surface area contributed by atoms with E-state index < -0.39 is 11.7 Å². The number of rotatable bonds is 3. The molecule has 1 aromatic carbocycles. The third-order valence-corrected chi connectivity index (χ3v) is 3.21. The summed E-state index contributed by atoms with van der Waals surface area (Å²) in [6.07, 6.45) is -0.465. The second-order valence-corrected chi connectivity index (χ2v) is 6.32. The van der Waals surface area contributed by atoms with E-state index in [4.69, 9.17) is 4.74 Å². The summed E-state index contributed by atoms with van der Waals surface area (Å²) in [5, 5.41) is 2.89. The van der Waals surface area contributed by atoms with Crippen LogP contribution in [0, 0.1) is 13.8 Å². The van der Waals surface area contributed by atoms with Gasteiger partial charge in [0.05, 0.1) is 5.69 Å². The highest BCUT2D eigenvalue weighted by Crippen LogP contribution is 2.21. The molecule has 0 bridgehead atoms. The van der Waals surface area contributed by atoms with E-state index in [9.17, 15) is 4.79 Å². The lowest BCUT2D eigenvalue weighted by Crippen LogP contribution is -2.35. The van der Waals surface area contributed by atoms with Crippen molar-refractivity contribution in [2.24, 2.45) is 0 Å². The minimum absolute atomic E-state index is 0.372. The third-order valence-electron chi connectivity index (χ3n) is 3.21. The molecule has 0 radical (unpaired) electrons. The quantitative estimate of drug-likeness (QED) is 0.909. The molecule has 1 amide bonds. The molecular weight excluding hydrogens is 278 g/mol. The van der Waals surface area contributed by atoms with Gasteiger partial charge in [0.25, 0.3) is 0 Å². The Kier molecular flexibility index (Phi) is 4.54. The standard InChI is InChI=1S/C17H23N3O2/c1-11-12(2)19-15(18-11)14(13-9-7-6-8-10-13)20-16(21)22-17(3,4)5/h6-10,14H,1-5H3,(H,18,19)(H,20,21)/t14-/m0/s1. The zero-order valence-electron chi connectivity index (χ0n) is 13.7. The maximum absolute atomic E-state index is 12.1. The molecule has 1 aromatic heterocycles. The maximum atomic E-state index is 12.1. The Morgan fingerprint density at radius 2 is 1.86 bits per heavy atom. The van der Waals surface area contributed by atoms with Crippen LogP contribution in [0.25, 0.3) is 0 Å². The molecule has 0 fully saturated rings. The number of amides is 1. The molecule has 1 atom stereocenters. The fraction of sp³-hybridized carbons (Fsp3) is 0.412. The van der Waals surface area contributed by atoms with Crippen LogP contribution in [0.4, 0.5) is 4.79 Å². The Balaban J connectivity index is 2.29. The molecule has 1 heterocycles. The number of carbonyl (C=O) groups excluding carboxylic acids is 1. The first-order chi connectivity index (χ1) is 10.3. The van der Waals surface area contributed by atoms with Crippen LogP contribution in [-0.2, 0) is 4.74 Å². The van der Waals surface area contributed by atoms with Crippen molar-refractivity contribution < 1.29 is 9.53 Å². The number of hydrogen-bond acceptors (Lipinski definition) is 3. The first kappa shape index (κ1) is 16.1. The van der Waals surface area contributed by atoms with Gasteiger partial charge in [-0.25, -0.2) is 9.78 Å². The molecule has 0 unspecified atom stereocenters. The molecule has 0 saturated heterocycles. The monoisotopic (exact) mass is 301 g/mol. The third kappa shape index (κ3) is 4.10. The van der Waals surface area contributed by atoms with E-state index in [1.165, 1.54) is 0 Å². The van der Waals surface area contributed by atoms with Crippen LogP contribution in [-0.4, -0.2) is 21.7 Å². The number of nitrogens with zero attached hydrogens (tertiary/aromatic N) is 1. The molecule has 0 aliphatic heterocycles. The Hall–Kier alpha value is -2.30. The molecule has 2 N–H and O–H groups in total. The molecule has 0 aliphatic carbocycles. The van der Waals surface area contributed by atoms with Crippen LogP contribution >= 0.6 is 0 Å². The van der Waals surface area contributed by atoms with Gasteiger partial charge in [0.1, 0.15) is 17.5 Å². The summed E-state index contributed by atoms with van der Waals surface area (Å²) in [6.45, 7) is 9.41. The number of H-pyrrole nitrogens is 1. The van der Waals surface area contributed by atoms with Gasteiger partial charge in [0.2, 0.25) is 0 Å². The van der Waals surface area contributed by atoms with Crippen molar-refractivity contribution in [1.29, 1.82) is 0 Å². The van der Waals surface area contributed by atoms with Crippen molar-refractivity contribution in [2.75, 3.05) is 0 Å². The molecule has 5 nitrogen and oxygen atoms in total. The SMILES string of the molecule is Cc1nc([C@@H](NC(=O)OC(C)(C)C)c2ccccc2)[nH]c1C. The van der Waals surface area contributed by atoms with Crippen molar-refractivity contribution in [3.05, 3.63) is 53.1 Å². The zero-order chi connectivity index (χ0) is 16.3. The van der Waals surface area contributed by atoms with Crippen molar-refractivity contribution in [1.82, 2.24) is 15.3 Å². The summed E-state index contributed by atoms with van der Waals surface area (Å²) in [6, 6.07) is 9.34. The second kappa shape index (κ2) is 6.22. The Morgan fingerprint density at radius 1 is 1.23 bits per heavy atom. The van der Waals surface area contributed by atoms with Crippen LogP contribution in [0.3, 0.4) is 0 Å². The molecule has 22 heavy (non-hydrogen) atoms. The summed E-state index contributed by atoms with van der Waals surface area (Å²) in [7, 11) is 0. The number of aryl methyl sites for hydroxylation is 2. The molecule has 2 rings (SSSR count). The zero-order valence-corrected chi connectivity index (χ0v) is 13.7. The number of hydrogen-bond donors (Lipinski definition) is 2. The predicted octanol–water partition coefficient (Wildman–Crippen LogP) is 3.64. The molecule has 2 aromatic rings. The van der Waals surface area contributed by atoms with Gasteiger partial charge in [-0.3, -0.25) is 0 Å². The summed E-state index contributed by atoms with van der Waals surface area (Å²) in [5.74, 6) is 0.701. The van der Waals surface area contributed by atoms with E-state index in [1.54, 1.807) is 0 Å². The van der Waals surface area contributed by atoms with E-state index in [1.807, 2.05) is 65.0 Å². The Labute approximate surface area is 131 Å². The van der Waals surface area contributed by atoms with Gasteiger partial charge in [-0.2, -0.15) is 0 Å². The summed E-state index contributed by atoms with van der Waals surface area (Å²) >= 11 is 0. The van der Waals surface area contributed by atoms with Crippen LogP contribution < -0.4 is 5.32 Å². The molecule has 118 valence electrons. The largest absolute Gasteiger partial charge is 0.444 e. The number of imidazole rings is 1. The Morgan fingerprint density at radius 3 is 2.36 bits per heavy atom. The van der Waals surface area contributed by atoms with Crippen molar-refractivity contribution in [2.45, 2.75) is 46.3 Å². The maximum Gasteiger partial charge on any atom is 0.408 e. The van der Waals surface area contributed by atoms with E-state index in [0.29, 0.717) is 5.82 Å². The smallest absolute Gasteiger partial charge is 0.408 e. The number of nitrogens with one attached hydrogen (secondary N) is 2. The number of ether oxygens (including phenoxy) is 1. The lowest BCUT2D eigenvalue weighted by molar-refractivity contribution is 0.0510. The fourth-order valence-electron chi connectivity index (χ4n) is 2.09. The van der Waals surface area contributed by atoms with Crippen molar-refractivity contribution in [3.63, 3.8) is 0 Å². The molecule has 0 spiro atoms. The van der Waals surface area contributed by atoms with E-state index in [2.05, 4.69) is 15.3 Å². The number of carbonyl (C=O) groups is 1. The predicted molar refractivity (Wildman–Crippen MR) is 85.7 cm³/mol. The number of aromatic nitrogens is 2. The highest BCUT2D eigenvalue weighted by atomic mass is 16.6. The minimum atomic E-state index is -0.541. The van der Waals surface area contributed by atoms with Crippen molar-refractivity contribution in [3.8, 4) is 0 Å². The average molecular weight is 301 g/mol. The molecule has 5 heteroatoms. The van der Waals surface area contributed by atoms with E-state index >= 15 is 0 Å². The lowest BCUT2D eigenvalue weighted by atomic mass is 10.1. The number of benzene rings is 1. The van der Waals surface area contributed by atoms with Gasteiger partial charge < -0.3 is 15.0 Å². The van der Waals surface area contributed by atoms with Gasteiger partial charge >= 0.3 is 6.09 Å². The second-order valence-electron chi connectivity index (χ2n) is 6.32. The number of aromatic amines is 1. The first-order valence-corrected chi connectivity index (χ1v) is 7.34. The highest BCUT2D eigenvalue weighted by Gasteiger charge is 2.24. The normalized spacial score (nSPS) is 12.8. The number of alkyl carbamates (subject to hydrolysis) is 1. The Bertz CT molecular complexity index is 622. The van der Waals surface area contributed by atoms with Gasteiger partial charge in [-0.1, -0.05) is 30.3 Å². The van der Waals surface area contributed by atoms with Crippen molar-refractivity contribution >= 4 is 6.09 Å².